The molecule has 0 aromatic carbocycles. The van der Waals surface area contributed by atoms with Gasteiger partial charge in [0.25, 0.3) is 20.0 Å². The molecule has 0 unspecified atom stereocenters. The van der Waals surface area contributed by atoms with Gasteiger partial charge in [-0.1, -0.05) is 6.58 Å². The van der Waals surface area contributed by atoms with Gasteiger partial charge in [-0.3, -0.25) is 0 Å². The largest absolute Gasteiger partial charge is 0.470 e. The summed E-state index contributed by atoms with van der Waals surface area (Å²) < 4.78 is 176. The molecule has 0 bridgehead atoms. The molecule has 20 heteroatoms. The van der Waals surface area contributed by atoms with Crippen molar-refractivity contribution in [2.75, 3.05) is 0 Å². The molecular formula is C10H10F10N2O6S2. The van der Waals surface area contributed by atoms with Crippen molar-refractivity contribution in [2.45, 2.75) is 42.6 Å². The van der Waals surface area contributed by atoms with Gasteiger partial charge in [0.1, 0.15) is 0 Å². The van der Waals surface area contributed by atoms with Crippen molar-refractivity contribution < 1.29 is 70.3 Å². The molecule has 30 heavy (non-hydrogen) atoms. The lowest BCUT2D eigenvalue weighted by atomic mass is 10.3. The van der Waals surface area contributed by atoms with Crippen LogP contribution in [0.4, 0.5) is 43.9 Å². The molecule has 0 rings (SSSR count). The molecule has 0 heterocycles. The highest BCUT2D eigenvalue weighted by Crippen LogP contribution is 2.41. The topological polar surface area (TPSA) is 119 Å². The van der Waals surface area contributed by atoms with Gasteiger partial charge in [-0.25, -0.2) is 21.6 Å². The smallest absolute Gasteiger partial charge is 0.425 e. The number of esters is 1. The molecule has 0 saturated heterocycles. The Balaban J connectivity index is 6.50. The standard InChI is InChI=1S/C10H10F10N2O6S2/c1-4(2)5(23)28-6(3,21-29(24,25)9(17,18)7(11,12)13)22-30(26,27)10(19,20)8(14,15)16/h21-22H,1H2,2-3H3. The maximum atomic E-state index is 13.2. The van der Waals surface area contributed by atoms with Crippen molar-refractivity contribution in [3.8, 4) is 0 Å². The maximum Gasteiger partial charge on any atom is 0.470 e. The number of carbonyl (C=O) groups excluding carboxylic acids is 1. The molecule has 2 N–H and O–H groups in total. The highest BCUT2D eigenvalue weighted by atomic mass is 32.2. The van der Waals surface area contributed by atoms with Crippen LogP contribution < -0.4 is 9.44 Å². The molecule has 0 fully saturated rings. The normalized spacial score (nSPS) is 15.1. The second-order valence-corrected chi connectivity index (χ2v) is 8.89. The fourth-order valence-corrected chi connectivity index (χ4v) is 3.42. The molecule has 0 aromatic rings. The first-order chi connectivity index (χ1) is 12.7. The number of halogens is 10. The first-order valence-corrected chi connectivity index (χ1v) is 9.56. The van der Waals surface area contributed by atoms with E-state index in [1.807, 2.05) is 0 Å². The quantitative estimate of drug-likeness (QED) is 0.224. The Morgan fingerprint density at radius 2 is 1.03 bits per heavy atom. The van der Waals surface area contributed by atoms with E-state index in [4.69, 9.17) is 0 Å². The zero-order valence-corrected chi connectivity index (χ0v) is 15.9. The molecule has 0 aromatic heterocycles. The lowest BCUT2D eigenvalue weighted by Crippen LogP contribution is -2.67. The third kappa shape index (κ3) is 5.52. The molecule has 0 saturated carbocycles. The van der Waals surface area contributed by atoms with Crippen LogP contribution in [0.25, 0.3) is 0 Å². The average Bonchev–Trinajstić information content (AvgIpc) is 2.42. The maximum absolute atomic E-state index is 13.2. The SMILES string of the molecule is C=C(C)C(=O)OC(C)(NS(=O)(=O)C(F)(F)C(F)(F)F)NS(=O)(=O)C(F)(F)C(F)(F)F. The van der Waals surface area contributed by atoms with E-state index in [0.29, 0.717) is 0 Å². The second-order valence-electron chi connectivity index (χ2n) is 5.44. The average molecular weight is 508 g/mol. The Morgan fingerprint density at radius 3 is 1.23 bits per heavy atom. The van der Waals surface area contributed by atoms with E-state index in [2.05, 4.69) is 11.3 Å². The number of rotatable bonds is 8. The molecule has 8 nitrogen and oxygen atoms in total. The number of nitrogens with one attached hydrogen (secondary N) is 2. The third-order valence-electron chi connectivity index (χ3n) is 2.64. The van der Waals surface area contributed by atoms with E-state index in [1.165, 1.54) is 0 Å². The van der Waals surface area contributed by atoms with E-state index in [-0.39, 0.29) is 16.4 Å². The second kappa shape index (κ2) is 7.79. The van der Waals surface area contributed by atoms with Crippen LogP contribution in [0.5, 0.6) is 0 Å². The van der Waals surface area contributed by atoms with E-state index in [0.717, 1.165) is 6.92 Å². The van der Waals surface area contributed by atoms with E-state index in [9.17, 15) is 65.5 Å². The lowest BCUT2D eigenvalue weighted by Gasteiger charge is -2.33. The molecule has 0 aliphatic carbocycles. The van der Waals surface area contributed by atoms with E-state index >= 15 is 0 Å². The zero-order valence-electron chi connectivity index (χ0n) is 14.3. The minimum atomic E-state index is -7.17. The molecule has 0 amide bonds. The first kappa shape index (κ1) is 28.3. The van der Waals surface area contributed by atoms with Gasteiger partial charge >= 0.3 is 28.8 Å². The molecule has 0 atom stereocenters. The van der Waals surface area contributed by atoms with Gasteiger partial charge in [0.15, 0.2) is 0 Å². The van der Waals surface area contributed by atoms with Crippen LogP contribution in [0.1, 0.15) is 13.8 Å². The van der Waals surface area contributed by atoms with Gasteiger partial charge < -0.3 is 4.74 Å². The summed E-state index contributed by atoms with van der Waals surface area (Å²) in [4.78, 5) is 11.4. The molecule has 0 aliphatic heterocycles. The van der Waals surface area contributed by atoms with Crippen LogP contribution in [0.2, 0.25) is 0 Å². The Morgan fingerprint density at radius 1 is 0.767 bits per heavy atom. The molecule has 178 valence electrons. The highest BCUT2D eigenvalue weighted by Gasteiger charge is 2.71. The van der Waals surface area contributed by atoms with Crippen LogP contribution in [-0.2, 0) is 29.6 Å². The summed E-state index contributed by atoms with van der Waals surface area (Å²) in [7, 11) is -14.3. The Bertz CT molecular complexity index is 849. The van der Waals surface area contributed by atoms with Gasteiger partial charge in [-0.15, -0.1) is 0 Å². The molecular weight excluding hydrogens is 498 g/mol. The number of alkyl halides is 10. The molecule has 0 spiro atoms. The predicted octanol–water partition coefficient (Wildman–Crippen LogP) is 1.93. The Labute approximate surface area is 161 Å². The van der Waals surface area contributed by atoms with Crippen molar-refractivity contribution in [3.05, 3.63) is 12.2 Å². The summed E-state index contributed by atoms with van der Waals surface area (Å²) in [5, 5.41) is -13.5. The van der Waals surface area contributed by atoms with Crippen molar-refractivity contribution >= 4 is 26.0 Å². The van der Waals surface area contributed by atoms with Gasteiger partial charge in [-0.05, 0) is 6.92 Å². The fourth-order valence-electron chi connectivity index (χ4n) is 1.28. The fraction of sp³-hybridized carbons (Fsp3) is 0.700. The van der Waals surface area contributed by atoms with Crippen molar-refractivity contribution in [1.29, 1.82) is 0 Å². The number of ether oxygens (including phenoxy) is 1. The number of carbonyl (C=O) groups is 1. The van der Waals surface area contributed by atoms with Crippen LogP contribution in [0.15, 0.2) is 12.2 Å². The van der Waals surface area contributed by atoms with Crippen molar-refractivity contribution in [2.24, 2.45) is 0 Å². The van der Waals surface area contributed by atoms with E-state index < -0.39 is 60.3 Å². The van der Waals surface area contributed by atoms with Crippen LogP contribution in [-0.4, -0.2) is 51.5 Å². The van der Waals surface area contributed by atoms with Crippen LogP contribution >= 0.6 is 0 Å². The van der Waals surface area contributed by atoms with Gasteiger partial charge in [0, 0.05) is 12.5 Å². The van der Waals surface area contributed by atoms with Gasteiger partial charge in [0.2, 0.25) is 5.85 Å². The number of hydrogen-bond acceptors (Lipinski definition) is 6. The zero-order chi connectivity index (χ0) is 24.8. The Hall–Kier alpha value is -1.67. The van der Waals surface area contributed by atoms with Crippen molar-refractivity contribution in [1.82, 2.24) is 9.44 Å². The summed E-state index contributed by atoms with van der Waals surface area (Å²) >= 11 is 0. The Kier molecular flexibility index (Phi) is 7.35. The molecule has 0 aliphatic rings. The van der Waals surface area contributed by atoms with Crippen LogP contribution in [0, 0.1) is 0 Å². The van der Waals surface area contributed by atoms with Gasteiger partial charge in [0.05, 0.1) is 0 Å². The lowest BCUT2D eigenvalue weighted by molar-refractivity contribution is -0.242. The van der Waals surface area contributed by atoms with Crippen LogP contribution in [0.3, 0.4) is 0 Å². The highest BCUT2D eigenvalue weighted by molar-refractivity contribution is 7.91. The summed E-state index contributed by atoms with van der Waals surface area (Å²) in [6, 6.07) is 0. The number of sulfonamides is 2. The summed E-state index contributed by atoms with van der Waals surface area (Å²) in [6.07, 6.45) is -13.7. The first-order valence-electron chi connectivity index (χ1n) is 6.59. The van der Waals surface area contributed by atoms with Gasteiger partial charge in [-0.2, -0.15) is 53.3 Å². The van der Waals surface area contributed by atoms with E-state index in [1.54, 1.807) is 0 Å². The number of hydrogen-bond donors (Lipinski definition) is 2. The summed E-state index contributed by atoms with van der Waals surface area (Å²) in [5.41, 5.74) is -0.829. The predicted molar refractivity (Wildman–Crippen MR) is 75.4 cm³/mol. The third-order valence-corrected chi connectivity index (χ3v) is 5.77. The monoisotopic (exact) mass is 508 g/mol. The summed E-state index contributed by atoms with van der Waals surface area (Å²) in [5.74, 6) is -6.22. The minimum Gasteiger partial charge on any atom is -0.425 e. The molecule has 0 radical (unpaired) electrons. The minimum absolute atomic E-state index is 0.109. The summed E-state index contributed by atoms with van der Waals surface area (Å²) in [6.45, 7) is 3.30. The van der Waals surface area contributed by atoms with Crippen molar-refractivity contribution in [3.63, 3.8) is 0 Å².